The second kappa shape index (κ2) is 21.7. The summed E-state index contributed by atoms with van der Waals surface area (Å²) in [5.74, 6) is -3.11. The van der Waals surface area contributed by atoms with Gasteiger partial charge in [-0.25, -0.2) is 4.98 Å². The summed E-state index contributed by atoms with van der Waals surface area (Å²) in [7, 11) is 1.70. The van der Waals surface area contributed by atoms with Crippen molar-refractivity contribution >= 4 is 47.0 Å². The van der Waals surface area contributed by atoms with E-state index in [0.29, 0.717) is 47.8 Å². The summed E-state index contributed by atoms with van der Waals surface area (Å²) in [5.41, 5.74) is 6.16. The number of aryl methyl sites for hydroxylation is 1. The van der Waals surface area contributed by atoms with Gasteiger partial charge in [-0.15, -0.1) is 0 Å². The number of carbonyl (C=O) groups is 7. The Kier molecular flexibility index (Phi) is 15.2. The van der Waals surface area contributed by atoms with Crippen LogP contribution in [0.5, 0.6) is 5.75 Å². The number of imide groups is 2. The van der Waals surface area contributed by atoms with E-state index in [1.807, 2.05) is 66.4 Å². The first-order valence-electron chi connectivity index (χ1n) is 24.4. The Hall–Kier alpha value is -7.79. The van der Waals surface area contributed by atoms with Gasteiger partial charge < -0.3 is 24.8 Å². The summed E-state index contributed by atoms with van der Waals surface area (Å²) in [4.78, 5) is 113. The molecule has 4 heterocycles. The minimum atomic E-state index is -1.10. The summed E-state index contributed by atoms with van der Waals surface area (Å²) in [6.45, 7) is 11.9. The smallest absolute Gasteiger partial charge is 0.272 e. The van der Waals surface area contributed by atoms with E-state index in [0.717, 1.165) is 66.1 Å². The van der Waals surface area contributed by atoms with Gasteiger partial charge in [0.25, 0.3) is 35.1 Å². The third-order valence-electron chi connectivity index (χ3n) is 13.5. The Bertz CT molecular complexity index is 2990. The van der Waals surface area contributed by atoms with Crippen molar-refractivity contribution in [2.75, 3.05) is 51.2 Å². The highest BCUT2D eigenvalue weighted by atomic mass is 16.5. The molecule has 7 amide bonds. The van der Waals surface area contributed by atoms with Gasteiger partial charge in [-0.3, -0.25) is 53.5 Å². The maximum absolute atomic E-state index is 13.5. The van der Waals surface area contributed by atoms with Crippen LogP contribution >= 0.6 is 0 Å². The number of carbonyl (C=O) groups excluding carboxylic acids is 7. The number of piperazine rings is 1. The molecule has 0 saturated carbocycles. The average Bonchev–Trinajstić information content (AvgIpc) is 3.62. The Labute approximate surface area is 417 Å². The van der Waals surface area contributed by atoms with Crippen LogP contribution in [-0.2, 0) is 33.3 Å². The van der Waals surface area contributed by atoms with Gasteiger partial charge in [-0.05, 0) is 97.3 Å². The molecule has 1 aromatic heterocycles. The normalized spacial score (nSPS) is 16.1. The number of ether oxygens (including phenoxy) is 1. The molecule has 72 heavy (non-hydrogen) atoms. The van der Waals surface area contributed by atoms with Crippen molar-refractivity contribution in [2.45, 2.75) is 77.7 Å². The predicted molar refractivity (Wildman–Crippen MR) is 270 cm³/mol. The average molecular weight is 977 g/mol. The summed E-state index contributed by atoms with van der Waals surface area (Å²) in [6, 6.07) is 24.0. The molecule has 374 valence electrons. The first-order chi connectivity index (χ1) is 34.5. The maximum atomic E-state index is 13.5. The van der Waals surface area contributed by atoms with Crippen LogP contribution in [0.15, 0.2) is 95.9 Å². The van der Waals surface area contributed by atoms with Crippen LogP contribution in [0.2, 0.25) is 0 Å². The summed E-state index contributed by atoms with van der Waals surface area (Å²) < 4.78 is 7.20. The molecule has 17 heteroatoms. The number of benzene rings is 4. The number of unbranched alkanes of at least 4 members (excludes halogenated alkanes) is 2. The zero-order chi connectivity index (χ0) is 51.3. The van der Waals surface area contributed by atoms with E-state index in [1.165, 1.54) is 22.8 Å². The van der Waals surface area contributed by atoms with E-state index in [1.54, 1.807) is 25.4 Å². The lowest BCUT2D eigenvalue weighted by molar-refractivity contribution is -0.136. The molecule has 4 aromatic carbocycles. The molecule has 2 saturated heterocycles. The van der Waals surface area contributed by atoms with Crippen LogP contribution in [0.25, 0.3) is 11.3 Å². The van der Waals surface area contributed by atoms with Crippen LogP contribution in [0, 0.1) is 6.92 Å². The van der Waals surface area contributed by atoms with Crippen molar-refractivity contribution in [2.24, 2.45) is 7.05 Å². The fourth-order valence-corrected chi connectivity index (χ4v) is 9.26. The second-order valence-electron chi connectivity index (χ2n) is 19.6. The molecule has 3 N–H and O–H groups in total. The lowest BCUT2D eigenvalue weighted by Gasteiger charge is -2.34. The monoisotopic (exact) mass is 976 g/mol. The second-order valence-corrected chi connectivity index (χ2v) is 19.6. The number of amides is 7. The van der Waals surface area contributed by atoms with Crippen molar-refractivity contribution < 1.29 is 38.3 Å². The van der Waals surface area contributed by atoms with Gasteiger partial charge in [0, 0.05) is 81.2 Å². The molecule has 8 rings (SSSR count). The number of aromatic nitrogens is 2. The molecule has 0 aliphatic carbocycles. The summed E-state index contributed by atoms with van der Waals surface area (Å²) >= 11 is 0. The number of hydrogen-bond donors (Lipinski definition) is 3. The molecule has 1 atom stereocenters. The van der Waals surface area contributed by atoms with Crippen LogP contribution < -0.4 is 26.2 Å². The van der Waals surface area contributed by atoms with Gasteiger partial charge in [-0.2, -0.15) is 0 Å². The number of piperidine rings is 1. The van der Waals surface area contributed by atoms with E-state index < -0.39 is 29.7 Å². The van der Waals surface area contributed by atoms with E-state index >= 15 is 0 Å². The van der Waals surface area contributed by atoms with Gasteiger partial charge in [0.15, 0.2) is 6.61 Å². The fourth-order valence-electron chi connectivity index (χ4n) is 9.26. The molecule has 5 aromatic rings. The molecule has 3 aliphatic rings. The lowest BCUT2D eigenvalue weighted by atomic mass is 9.86. The van der Waals surface area contributed by atoms with Crippen LogP contribution in [0.4, 0.5) is 5.69 Å². The van der Waals surface area contributed by atoms with Crippen LogP contribution in [0.3, 0.4) is 0 Å². The molecule has 0 bridgehead atoms. The summed E-state index contributed by atoms with van der Waals surface area (Å²) in [6.07, 6.45) is 4.55. The van der Waals surface area contributed by atoms with Gasteiger partial charge in [0.1, 0.15) is 17.5 Å². The van der Waals surface area contributed by atoms with Crippen LogP contribution in [0.1, 0.15) is 117 Å². The van der Waals surface area contributed by atoms with Gasteiger partial charge >= 0.3 is 0 Å². The third kappa shape index (κ3) is 11.4. The van der Waals surface area contributed by atoms with Crippen molar-refractivity contribution in [1.29, 1.82) is 0 Å². The number of anilines is 1. The Morgan fingerprint density at radius 3 is 2.21 bits per heavy atom. The molecule has 1 unspecified atom stereocenters. The van der Waals surface area contributed by atoms with Gasteiger partial charge in [0.05, 0.1) is 16.8 Å². The number of fused-ring (bicyclic) bond motifs is 1. The lowest BCUT2D eigenvalue weighted by Crippen LogP contribution is -2.54. The first-order valence-corrected chi connectivity index (χ1v) is 24.4. The standard InChI is InChI=1S/C55H60N8O9/c1-34-39(11-9-13-41(34)58-49(66)36-19-21-38(22-20-36)55(2,3)4)43-32-60(5)53(70)42(57-43)31-35-15-17-37(18-16-35)51(68)62-29-27-61(28-30-62)26-8-6-7-25-56-47(65)33-72-45-14-10-12-40-48(45)54(71)63(52(40)69)44-23-24-46(64)59-50(44)67/h9-22,32,44H,6-8,23-31,33H2,1-5H3,(H,56,65)(H,58,66)(H,59,64,67). The van der Waals surface area contributed by atoms with Crippen LogP contribution in [-0.4, -0.2) is 118 Å². The Morgan fingerprint density at radius 2 is 1.50 bits per heavy atom. The highest BCUT2D eigenvalue weighted by molar-refractivity contribution is 6.24. The van der Waals surface area contributed by atoms with Crippen molar-refractivity contribution in [3.8, 4) is 17.0 Å². The topological polar surface area (TPSA) is 209 Å². The van der Waals surface area contributed by atoms with Crippen molar-refractivity contribution in [3.05, 3.63) is 146 Å². The minimum absolute atomic E-state index is 0.00864. The van der Waals surface area contributed by atoms with E-state index in [4.69, 9.17) is 9.72 Å². The fraction of sp³-hybridized carbons (Fsp3) is 0.364. The molecule has 2 fully saturated rings. The third-order valence-corrected chi connectivity index (χ3v) is 13.5. The first kappa shape index (κ1) is 50.6. The largest absolute Gasteiger partial charge is 0.483 e. The Balaban J connectivity index is 0.753. The highest BCUT2D eigenvalue weighted by Gasteiger charge is 2.46. The Morgan fingerprint density at radius 1 is 0.806 bits per heavy atom. The maximum Gasteiger partial charge on any atom is 0.272 e. The van der Waals surface area contributed by atoms with Crippen molar-refractivity contribution in [1.82, 2.24) is 34.9 Å². The number of nitrogens with one attached hydrogen (secondary N) is 3. The van der Waals surface area contributed by atoms with Gasteiger partial charge in [0.2, 0.25) is 11.8 Å². The summed E-state index contributed by atoms with van der Waals surface area (Å²) in [5, 5.41) is 8.05. The number of hydrogen-bond acceptors (Lipinski definition) is 11. The van der Waals surface area contributed by atoms with E-state index in [2.05, 4.69) is 41.6 Å². The molecule has 0 radical (unpaired) electrons. The molecular weight excluding hydrogens is 917 g/mol. The minimum Gasteiger partial charge on any atom is -0.483 e. The van der Waals surface area contributed by atoms with Crippen molar-refractivity contribution in [3.63, 3.8) is 0 Å². The molecule has 0 spiro atoms. The zero-order valence-corrected chi connectivity index (χ0v) is 41.3. The molecular formula is C55H60N8O9. The number of rotatable bonds is 16. The quantitative estimate of drug-likeness (QED) is 0.0840. The van der Waals surface area contributed by atoms with E-state index in [9.17, 15) is 38.4 Å². The molecule has 3 aliphatic heterocycles. The molecule has 17 nitrogen and oxygen atoms in total. The predicted octanol–water partition coefficient (Wildman–Crippen LogP) is 5.42. The highest BCUT2D eigenvalue weighted by Crippen LogP contribution is 2.34. The number of nitrogens with zero attached hydrogens (tertiary/aromatic N) is 5. The zero-order valence-electron chi connectivity index (χ0n) is 41.3. The van der Waals surface area contributed by atoms with E-state index in [-0.39, 0.29) is 71.4 Å². The van der Waals surface area contributed by atoms with Gasteiger partial charge in [-0.1, -0.05) is 69.7 Å². The SMILES string of the molecule is Cc1c(NC(=O)c2ccc(C(C)(C)C)cc2)cccc1-c1cn(C)c(=O)c(Cc2ccc(C(=O)N3CCN(CCCCCNC(=O)COc4cccc5c4C(=O)N(C4CCC(=O)NC4=O)C5=O)CC3)cc2)n1.